The molecule has 214 valence electrons. The number of carbonyl (C=O) groups is 2. The fourth-order valence-corrected chi connectivity index (χ4v) is 4.34. The third-order valence-corrected chi connectivity index (χ3v) is 6.55. The van der Waals surface area contributed by atoms with Crippen molar-refractivity contribution in [1.82, 2.24) is 20.1 Å². The van der Waals surface area contributed by atoms with E-state index in [2.05, 4.69) is 25.8 Å². The number of nitrogens with one attached hydrogen (secondary N) is 2. The van der Waals surface area contributed by atoms with Crippen LogP contribution < -0.4 is 15.5 Å². The highest BCUT2D eigenvalue weighted by molar-refractivity contribution is 6.50. The molecule has 2 amide bonds. The minimum Gasteiger partial charge on any atom is -0.492 e. The highest BCUT2D eigenvalue weighted by Gasteiger charge is 2.23. The van der Waals surface area contributed by atoms with Crippen molar-refractivity contribution >= 4 is 34.3 Å². The summed E-state index contributed by atoms with van der Waals surface area (Å²) in [4.78, 5) is 28.0. The molecule has 4 rings (SSSR count). The summed E-state index contributed by atoms with van der Waals surface area (Å²) in [6.07, 6.45) is -0.754. The quantitative estimate of drug-likeness (QED) is 0.308. The number of morpholine rings is 1. The maximum atomic E-state index is 13.6. The lowest BCUT2D eigenvalue weighted by atomic mass is 9.92. The molecule has 0 bridgehead atoms. The minimum absolute atomic E-state index is 0.0163. The van der Waals surface area contributed by atoms with Crippen LogP contribution in [-0.2, 0) is 26.7 Å². The Morgan fingerprint density at radius 2 is 1.82 bits per heavy atom. The number of nitrogens with zero attached hydrogens (tertiary/aromatic N) is 4. The zero-order valence-corrected chi connectivity index (χ0v) is 23.8. The van der Waals surface area contributed by atoms with Crippen LogP contribution in [0.2, 0.25) is 0 Å². The molecule has 11 heteroatoms. The first-order valence-electron chi connectivity index (χ1n) is 13.5. The van der Waals surface area contributed by atoms with Gasteiger partial charge in [0.1, 0.15) is 18.2 Å². The van der Waals surface area contributed by atoms with Crippen LogP contribution in [0.3, 0.4) is 0 Å². The van der Waals surface area contributed by atoms with Gasteiger partial charge in [-0.25, -0.2) is 10.2 Å². The van der Waals surface area contributed by atoms with Crippen LogP contribution in [0.4, 0.5) is 10.6 Å². The molecule has 1 aromatic heterocycles. The lowest BCUT2D eigenvalue weighted by Gasteiger charge is -2.26. The van der Waals surface area contributed by atoms with Crippen LogP contribution in [0.15, 0.2) is 47.6 Å². The fraction of sp³-hybridized carbons (Fsp3) is 0.448. The number of hydrogen-bond acceptors (Lipinski definition) is 8. The number of ether oxygens (including phenoxy) is 3. The third kappa shape index (κ3) is 7.16. The Balaban J connectivity index is 1.64. The Kier molecular flexibility index (Phi) is 9.38. The van der Waals surface area contributed by atoms with Crippen molar-refractivity contribution in [3.8, 4) is 5.75 Å². The summed E-state index contributed by atoms with van der Waals surface area (Å²) < 4.78 is 18.2. The zero-order valence-electron chi connectivity index (χ0n) is 23.8. The van der Waals surface area contributed by atoms with E-state index in [-0.39, 0.29) is 17.7 Å². The molecule has 0 atom stereocenters. The first kappa shape index (κ1) is 29.0. The molecule has 2 N–H and O–H groups in total. The maximum Gasteiger partial charge on any atom is 0.427 e. The average molecular weight is 551 g/mol. The number of carbonyl (C=O) groups excluding carboxylic acids is 2. The number of anilines is 1. The van der Waals surface area contributed by atoms with Gasteiger partial charge in [0.2, 0.25) is 0 Å². The van der Waals surface area contributed by atoms with E-state index in [0.29, 0.717) is 23.7 Å². The normalized spacial score (nSPS) is 14.7. The summed E-state index contributed by atoms with van der Waals surface area (Å²) >= 11 is 0. The highest BCUT2D eigenvalue weighted by Crippen LogP contribution is 2.30. The van der Waals surface area contributed by atoms with Gasteiger partial charge in [0.05, 0.1) is 25.5 Å². The number of hydrazone groups is 1. The third-order valence-electron chi connectivity index (χ3n) is 6.55. The molecule has 1 aliphatic rings. The first-order chi connectivity index (χ1) is 19.2. The van der Waals surface area contributed by atoms with Gasteiger partial charge in [-0.1, -0.05) is 45.0 Å². The van der Waals surface area contributed by atoms with Crippen LogP contribution in [0, 0.1) is 0 Å². The summed E-state index contributed by atoms with van der Waals surface area (Å²) in [5.74, 6) is 0.699. The second-order valence-electron chi connectivity index (χ2n) is 10.5. The lowest BCUT2D eigenvalue weighted by Crippen LogP contribution is -2.38. The van der Waals surface area contributed by atoms with Gasteiger partial charge in [0.25, 0.3) is 5.91 Å². The van der Waals surface area contributed by atoms with Crippen molar-refractivity contribution in [3.05, 3.63) is 53.7 Å². The topological polar surface area (TPSA) is 119 Å². The molecule has 1 saturated heterocycles. The number of fused-ring (bicyclic) bond motifs is 1. The van der Waals surface area contributed by atoms with E-state index in [0.717, 1.165) is 49.3 Å². The number of hydrogen-bond donors (Lipinski definition) is 2. The van der Waals surface area contributed by atoms with Gasteiger partial charge in [-0.15, -0.1) is 0 Å². The Morgan fingerprint density at radius 1 is 1.10 bits per heavy atom. The summed E-state index contributed by atoms with van der Waals surface area (Å²) in [5.41, 5.74) is 3.52. The summed E-state index contributed by atoms with van der Waals surface area (Å²) in [5, 5.41) is 13.2. The Labute approximate surface area is 234 Å². The molecule has 0 aliphatic carbocycles. The monoisotopic (exact) mass is 550 g/mol. The molecule has 40 heavy (non-hydrogen) atoms. The SMILES string of the molecule is CCOC(=O)N/N=C(/C(=O)Nc1cc(C(C)(C)C)nn1C)c1ccc(OCCN2CCOCC2)c2ccccc12. The van der Waals surface area contributed by atoms with Gasteiger partial charge in [-0.05, 0) is 24.4 Å². The van der Waals surface area contributed by atoms with Gasteiger partial charge in [0.15, 0.2) is 5.71 Å². The molecule has 1 aliphatic heterocycles. The molecule has 2 heterocycles. The van der Waals surface area contributed by atoms with Gasteiger partial charge in [-0.2, -0.15) is 10.2 Å². The number of rotatable bonds is 9. The molecule has 11 nitrogen and oxygen atoms in total. The average Bonchev–Trinajstić information content (AvgIpc) is 3.31. The van der Waals surface area contributed by atoms with Crippen molar-refractivity contribution in [2.75, 3.05) is 51.4 Å². The van der Waals surface area contributed by atoms with E-state index in [9.17, 15) is 9.59 Å². The smallest absolute Gasteiger partial charge is 0.427 e. The Bertz CT molecular complexity index is 1370. The Morgan fingerprint density at radius 3 is 2.50 bits per heavy atom. The predicted octanol–water partition coefficient (Wildman–Crippen LogP) is 3.67. The summed E-state index contributed by atoms with van der Waals surface area (Å²) in [6.45, 7) is 12.6. The second kappa shape index (κ2) is 12.9. The van der Waals surface area contributed by atoms with Gasteiger partial charge < -0.3 is 19.5 Å². The minimum atomic E-state index is -0.754. The van der Waals surface area contributed by atoms with Crippen molar-refractivity contribution in [2.45, 2.75) is 33.1 Å². The van der Waals surface area contributed by atoms with Crippen molar-refractivity contribution in [1.29, 1.82) is 0 Å². The first-order valence-corrected chi connectivity index (χ1v) is 13.5. The lowest BCUT2D eigenvalue weighted by molar-refractivity contribution is -0.110. The molecule has 0 radical (unpaired) electrons. The maximum absolute atomic E-state index is 13.6. The van der Waals surface area contributed by atoms with Crippen LogP contribution in [0.5, 0.6) is 5.75 Å². The second-order valence-corrected chi connectivity index (χ2v) is 10.5. The van der Waals surface area contributed by atoms with Crippen molar-refractivity contribution in [3.63, 3.8) is 0 Å². The van der Waals surface area contributed by atoms with E-state index in [1.807, 2.05) is 57.2 Å². The summed E-state index contributed by atoms with van der Waals surface area (Å²) in [6, 6.07) is 13.1. The van der Waals surface area contributed by atoms with E-state index >= 15 is 0 Å². The number of amides is 2. The van der Waals surface area contributed by atoms with Crippen LogP contribution >= 0.6 is 0 Å². The van der Waals surface area contributed by atoms with Crippen LogP contribution in [-0.4, -0.2) is 78.5 Å². The fourth-order valence-electron chi connectivity index (χ4n) is 4.34. The highest BCUT2D eigenvalue weighted by atomic mass is 16.5. The molecule has 1 fully saturated rings. The molecular formula is C29H38N6O5. The molecule has 0 spiro atoms. The van der Waals surface area contributed by atoms with E-state index in [1.54, 1.807) is 24.7 Å². The van der Waals surface area contributed by atoms with Gasteiger partial charge in [0, 0.05) is 49.1 Å². The largest absolute Gasteiger partial charge is 0.492 e. The van der Waals surface area contributed by atoms with Crippen molar-refractivity contribution in [2.24, 2.45) is 12.1 Å². The van der Waals surface area contributed by atoms with Crippen molar-refractivity contribution < 1.29 is 23.8 Å². The number of aromatic nitrogens is 2. The summed E-state index contributed by atoms with van der Waals surface area (Å²) in [7, 11) is 1.76. The standard InChI is InChI=1S/C29H38N6O5/c1-6-39-28(37)32-31-26(27(36)30-25-19-24(29(2,3)4)33-34(25)5)22-11-12-23(21-10-8-7-9-20(21)22)40-18-15-35-13-16-38-17-14-35/h7-12,19H,6,13-18H2,1-5H3,(H,30,36)(H,32,37)/b31-26+. The van der Waals surface area contributed by atoms with Gasteiger partial charge in [-0.3, -0.25) is 14.4 Å². The van der Waals surface area contributed by atoms with Gasteiger partial charge >= 0.3 is 6.09 Å². The molecule has 2 aromatic carbocycles. The molecular weight excluding hydrogens is 512 g/mol. The van der Waals surface area contributed by atoms with E-state index in [1.165, 1.54) is 0 Å². The van der Waals surface area contributed by atoms with E-state index in [4.69, 9.17) is 14.2 Å². The number of benzene rings is 2. The molecule has 3 aromatic rings. The molecule has 0 unspecified atom stereocenters. The van der Waals surface area contributed by atoms with Crippen LogP contribution in [0.25, 0.3) is 10.8 Å². The predicted molar refractivity (Wildman–Crippen MR) is 154 cm³/mol. The van der Waals surface area contributed by atoms with E-state index < -0.39 is 12.0 Å². The molecule has 0 saturated carbocycles. The van der Waals surface area contributed by atoms with Crippen LogP contribution in [0.1, 0.15) is 39.0 Å². The zero-order chi connectivity index (χ0) is 28.7. The Hall–Kier alpha value is -3.96. The number of aryl methyl sites for hydroxylation is 1.